The Hall–Kier alpha value is -0.160. The van der Waals surface area contributed by atoms with Crippen LogP contribution in [0.4, 0.5) is 0 Å². The maximum atomic E-state index is 6.96. The first kappa shape index (κ1) is 24.1. The molecular weight excluding hydrogens is 344 g/mol. The van der Waals surface area contributed by atoms with Crippen molar-refractivity contribution in [2.75, 3.05) is 0 Å². The minimum absolute atomic E-state index is 0.145. The number of nitrogens with two attached hydrogens (primary N) is 1. The molecule has 0 amide bonds. The third-order valence-corrected chi connectivity index (χ3v) is 6.67. The Labute approximate surface area is 175 Å². The molecular formula is C24H50N4. The summed E-state index contributed by atoms with van der Waals surface area (Å²) in [6.07, 6.45) is 9.74. The largest absolute Gasteiger partial charge is 0.316 e. The van der Waals surface area contributed by atoms with Crippen molar-refractivity contribution in [3.63, 3.8) is 0 Å². The highest BCUT2D eigenvalue weighted by Crippen LogP contribution is 2.38. The van der Waals surface area contributed by atoms with Crippen molar-refractivity contribution in [2.45, 2.75) is 154 Å². The van der Waals surface area contributed by atoms with Gasteiger partial charge < -0.3 is 16.4 Å². The van der Waals surface area contributed by atoms with Crippen molar-refractivity contribution in [1.82, 2.24) is 15.5 Å². The molecule has 0 spiro atoms. The van der Waals surface area contributed by atoms with Crippen LogP contribution in [0.1, 0.15) is 114 Å². The fourth-order valence-corrected chi connectivity index (χ4v) is 6.55. The van der Waals surface area contributed by atoms with E-state index in [-0.39, 0.29) is 28.3 Å². The number of unbranched alkanes of at least 4 members (excludes halogenated alkanes) is 2. The molecule has 1 atom stereocenters. The van der Waals surface area contributed by atoms with Gasteiger partial charge in [-0.2, -0.15) is 0 Å². The zero-order valence-electron chi connectivity index (χ0n) is 20.4. The van der Waals surface area contributed by atoms with Crippen molar-refractivity contribution < 1.29 is 0 Å². The third-order valence-electron chi connectivity index (χ3n) is 6.67. The number of rotatable bonds is 7. The van der Waals surface area contributed by atoms with E-state index in [1.807, 2.05) is 0 Å². The van der Waals surface area contributed by atoms with Gasteiger partial charge in [-0.3, -0.25) is 4.90 Å². The highest BCUT2D eigenvalue weighted by molar-refractivity contribution is 5.06. The van der Waals surface area contributed by atoms with Crippen molar-refractivity contribution >= 4 is 0 Å². The molecule has 0 aromatic rings. The topological polar surface area (TPSA) is 53.3 Å². The Kier molecular flexibility index (Phi) is 7.34. The fraction of sp³-hybridized carbons (Fsp3) is 1.00. The monoisotopic (exact) mass is 394 g/mol. The first-order valence-electron chi connectivity index (χ1n) is 11.8. The number of nitrogens with zero attached hydrogens (tertiary/aromatic N) is 1. The van der Waals surface area contributed by atoms with Gasteiger partial charge in [0.1, 0.15) is 0 Å². The molecule has 166 valence electrons. The van der Waals surface area contributed by atoms with Gasteiger partial charge in [0.15, 0.2) is 0 Å². The molecule has 0 bridgehead atoms. The van der Waals surface area contributed by atoms with Crippen molar-refractivity contribution in [3.8, 4) is 0 Å². The summed E-state index contributed by atoms with van der Waals surface area (Å²) in [5.41, 5.74) is 7.54. The molecule has 4 N–H and O–H groups in total. The summed E-state index contributed by atoms with van der Waals surface area (Å²) in [5.74, 6) is 0. The second-order valence-electron chi connectivity index (χ2n) is 12.4. The molecule has 4 heteroatoms. The predicted octanol–water partition coefficient (Wildman–Crippen LogP) is 4.77. The molecule has 2 aliphatic heterocycles. The third kappa shape index (κ3) is 6.68. The Bertz CT molecular complexity index is 439. The van der Waals surface area contributed by atoms with Crippen LogP contribution < -0.4 is 16.4 Å². The summed E-state index contributed by atoms with van der Waals surface area (Å²) >= 11 is 0. The number of hydrogen-bond donors (Lipinski definition) is 3. The molecule has 0 aliphatic carbocycles. The highest BCUT2D eigenvalue weighted by atomic mass is 15.3. The van der Waals surface area contributed by atoms with E-state index in [0.29, 0.717) is 12.1 Å². The lowest BCUT2D eigenvalue weighted by Gasteiger charge is -2.56. The van der Waals surface area contributed by atoms with Crippen LogP contribution in [0.25, 0.3) is 0 Å². The van der Waals surface area contributed by atoms with Crippen molar-refractivity contribution in [2.24, 2.45) is 5.73 Å². The van der Waals surface area contributed by atoms with E-state index < -0.39 is 0 Å². The molecule has 0 radical (unpaired) electrons. The minimum Gasteiger partial charge on any atom is -0.316 e. The van der Waals surface area contributed by atoms with Crippen LogP contribution in [-0.4, -0.2) is 45.3 Å². The molecule has 0 aromatic heterocycles. The smallest absolute Gasteiger partial charge is 0.0577 e. The van der Waals surface area contributed by atoms with Gasteiger partial charge in [0, 0.05) is 34.2 Å². The van der Waals surface area contributed by atoms with Crippen LogP contribution >= 0.6 is 0 Å². The predicted molar refractivity (Wildman–Crippen MR) is 123 cm³/mol. The zero-order valence-corrected chi connectivity index (χ0v) is 20.4. The molecule has 2 saturated heterocycles. The van der Waals surface area contributed by atoms with E-state index in [1.54, 1.807) is 0 Å². The van der Waals surface area contributed by atoms with Gasteiger partial charge in [-0.1, -0.05) is 26.2 Å². The standard InChI is InChI=1S/C24H50N4/c1-10-11-12-13-20(25)28(18-14-21(2,3)26-22(4,5)15-18)19-16-23(6,7)27-24(8,9)17-19/h18-20,26-27H,10-17,25H2,1-9H3. The van der Waals surface area contributed by atoms with E-state index in [0.717, 1.165) is 6.42 Å². The van der Waals surface area contributed by atoms with Crippen LogP contribution in [0.5, 0.6) is 0 Å². The molecule has 28 heavy (non-hydrogen) atoms. The molecule has 2 fully saturated rings. The first-order chi connectivity index (χ1) is 12.7. The lowest BCUT2D eigenvalue weighted by molar-refractivity contribution is -0.0290. The van der Waals surface area contributed by atoms with Gasteiger partial charge >= 0.3 is 0 Å². The van der Waals surface area contributed by atoms with Gasteiger partial charge in [0.2, 0.25) is 0 Å². The maximum absolute atomic E-state index is 6.96. The summed E-state index contributed by atoms with van der Waals surface area (Å²) in [6.45, 7) is 21.1. The number of piperidine rings is 2. The fourth-order valence-electron chi connectivity index (χ4n) is 6.55. The lowest BCUT2D eigenvalue weighted by atomic mass is 9.75. The summed E-state index contributed by atoms with van der Waals surface area (Å²) in [5, 5.41) is 7.73. The molecule has 2 rings (SSSR count). The van der Waals surface area contributed by atoms with Gasteiger partial charge in [0.25, 0.3) is 0 Å². The number of nitrogens with one attached hydrogen (secondary N) is 2. The lowest BCUT2D eigenvalue weighted by Crippen LogP contribution is -2.69. The van der Waals surface area contributed by atoms with Crippen molar-refractivity contribution in [3.05, 3.63) is 0 Å². The summed E-state index contributed by atoms with van der Waals surface area (Å²) in [7, 11) is 0. The quantitative estimate of drug-likeness (QED) is 0.430. The summed E-state index contributed by atoms with van der Waals surface area (Å²) in [4.78, 5) is 2.77. The Morgan fingerprint density at radius 3 is 1.43 bits per heavy atom. The Morgan fingerprint density at radius 1 is 0.750 bits per heavy atom. The molecule has 4 nitrogen and oxygen atoms in total. The highest BCUT2D eigenvalue weighted by Gasteiger charge is 2.47. The molecule has 2 aliphatic rings. The second-order valence-corrected chi connectivity index (χ2v) is 12.4. The van der Waals surface area contributed by atoms with Gasteiger partial charge in [-0.25, -0.2) is 0 Å². The van der Waals surface area contributed by atoms with Gasteiger partial charge in [-0.05, 0) is 87.5 Å². The van der Waals surface area contributed by atoms with Crippen LogP contribution in [0.2, 0.25) is 0 Å². The Morgan fingerprint density at radius 2 is 1.11 bits per heavy atom. The van der Waals surface area contributed by atoms with E-state index >= 15 is 0 Å². The Balaban J connectivity index is 2.31. The normalized spacial score (nSPS) is 28.4. The summed E-state index contributed by atoms with van der Waals surface area (Å²) < 4.78 is 0. The van der Waals surface area contributed by atoms with Gasteiger partial charge in [0.05, 0.1) is 6.17 Å². The van der Waals surface area contributed by atoms with E-state index in [9.17, 15) is 0 Å². The van der Waals surface area contributed by atoms with E-state index in [2.05, 4.69) is 77.8 Å². The zero-order chi connectivity index (χ0) is 21.4. The van der Waals surface area contributed by atoms with Crippen molar-refractivity contribution in [1.29, 1.82) is 0 Å². The molecule has 0 aromatic carbocycles. The van der Waals surface area contributed by atoms with Crippen LogP contribution in [0.15, 0.2) is 0 Å². The maximum Gasteiger partial charge on any atom is 0.0577 e. The molecule has 0 saturated carbocycles. The van der Waals surface area contributed by atoms with E-state index in [4.69, 9.17) is 5.73 Å². The molecule has 2 heterocycles. The summed E-state index contributed by atoms with van der Waals surface area (Å²) in [6, 6.07) is 1.08. The average molecular weight is 395 g/mol. The second kappa shape index (κ2) is 8.53. The van der Waals surface area contributed by atoms with Crippen LogP contribution in [0.3, 0.4) is 0 Å². The SMILES string of the molecule is CCCCCC(N)N(C1CC(C)(C)NC(C)(C)C1)C1CC(C)(C)NC(C)(C)C1. The molecule has 1 unspecified atom stereocenters. The average Bonchev–Trinajstić information content (AvgIpc) is 2.40. The number of hydrogen-bond acceptors (Lipinski definition) is 4. The first-order valence-corrected chi connectivity index (χ1v) is 11.8. The van der Waals surface area contributed by atoms with Gasteiger partial charge in [-0.15, -0.1) is 0 Å². The minimum atomic E-state index is 0.145. The van der Waals surface area contributed by atoms with Crippen LogP contribution in [0, 0.1) is 0 Å². The van der Waals surface area contributed by atoms with E-state index in [1.165, 1.54) is 44.9 Å². The van der Waals surface area contributed by atoms with Crippen LogP contribution in [-0.2, 0) is 0 Å².